The first kappa shape index (κ1) is 23.4. The lowest BCUT2D eigenvalue weighted by molar-refractivity contribution is 0.0916. The number of benzene rings is 2. The fourth-order valence-electron chi connectivity index (χ4n) is 4.68. The summed E-state index contributed by atoms with van der Waals surface area (Å²) in [6.45, 7) is 5.45. The van der Waals surface area contributed by atoms with Crippen LogP contribution in [0.2, 0.25) is 0 Å². The summed E-state index contributed by atoms with van der Waals surface area (Å²) in [4.78, 5) is 18.3. The van der Waals surface area contributed by atoms with E-state index in [-0.39, 0.29) is 11.7 Å². The molecule has 1 fully saturated rings. The van der Waals surface area contributed by atoms with Crippen LogP contribution in [0.1, 0.15) is 42.3 Å². The molecule has 0 unspecified atom stereocenters. The molecule has 0 aliphatic carbocycles. The van der Waals surface area contributed by atoms with E-state index in [1.54, 1.807) is 0 Å². The second-order valence-corrected chi connectivity index (χ2v) is 9.26. The van der Waals surface area contributed by atoms with Gasteiger partial charge in [0.2, 0.25) is 0 Å². The highest BCUT2D eigenvalue weighted by Gasteiger charge is 2.20. The van der Waals surface area contributed by atoms with E-state index in [0.717, 1.165) is 61.1 Å². The standard InChI is InChI=1S/C27H32N6O2/c1-2-20-10-11-25-22(15-20)16-23(27(34)28-25)17-32(13-12-21-7-4-3-5-8-21)19-26-29-30-31-33(26)18-24-9-6-14-35-24/h3-5,7-8,10-11,15-16,24H,2,6,9,12-14,17-19H2,1H3,(H,28,34)/t24-/m1/s1. The van der Waals surface area contributed by atoms with Crippen molar-refractivity contribution in [2.75, 3.05) is 13.2 Å². The van der Waals surface area contributed by atoms with Crippen LogP contribution in [0.4, 0.5) is 0 Å². The highest BCUT2D eigenvalue weighted by atomic mass is 16.5. The topological polar surface area (TPSA) is 88.9 Å². The van der Waals surface area contributed by atoms with E-state index in [1.807, 2.05) is 22.9 Å². The number of hydrogen-bond acceptors (Lipinski definition) is 6. The lowest BCUT2D eigenvalue weighted by Gasteiger charge is -2.22. The Morgan fingerprint density at radius 1 is 1.11 bits per heavy atom. The van der Waals surface area contributed by atoms with Gasteiger partial charge in [-0.1, -0.05) is 43.3 Å². The lowest BCUT2D eigenvalue weighted by atomic mass is 10.1. The van der Waals surface area contributed by atoms with Gasteiger partial charge in [0, 0.05) is 30.8 Å². The van der Waals surface area contributed by atoms with Gasteiger partial charge in [-0.15, -0.1) is 5.10 Å². The smallest absolute Gasteiger partial charge is 0.252 e. The molecule has 1 aliphatic rings. The molecule has 1 aliphatic heterocycles. The first-order valence-electron chi connectivity index (χ1n) is 12.5. The summed E-state index contributed by atoms with van der Waals surface area (Å²) in [5.41, 5.74) is 4.08. The summed E-state index contributed by atoms with van der Waals surface area (Å²) in [5.74, 6) is 0.791. The molecule has 1 atom stereocenters. The second-order valence-electron chi connectivity index (χ2n) is 9.26. The highest BCUT2D eigenvalue weighted by molar-refractivity contribution is 5.79. The normalized spacial score (nSPS) is 15.9. The maximum absolute atomic E-state index is 13.0. The Kier molecular flexibility index (Phi) is 7.30. The predicted octanol–water partition coefficient (Wildman–Crippen LogP) is 3.50. The Morgan fingerprint density at radius 3 is 2.80 bits per heavy atom. The summed E-state index contributed by atoms with van der Waals surface area (Å²) in [7, 11) is 0. The van der Waals surface area contributed by atoms with Gasteiger partial charge in [-0.25, -0.2) is 4.68 Å². The first-order valence-corrected chi connectivity index (χ1v) is 12.5. The van der Waals surface area contributed by atoms with E-state index < -0.39 is 0 Å². The van der Waals surface area contributed by atoms with E-state index in [9.17, 15) is 4.79 Å². The summed E-state index contributed by atoms with van der Waals surface area (Å²) in [6.07, 6.45) is 4.10. The van der Waals surface area contributed by atoms with Gasteiger partial charge in [-0.05, 0) is 70.8 Å². The third-order valence-corrected chi connectivity index (χ3v) is 6.72. The fraction of sp³-hybridized carbons (Fsp3) is 0.407. The summed E-state index contributed by atoms with van der Waals surface area (Å²) < 4.78 is 7.64. The monoisotopic (exact) mass is 472 g/mol. The Morgan fingerprint density at radius 2 is 2.00 bits per heavy atom. The molecule has 4 aromatic rings. The van der Waals surface area contributed by atoms with Crippen molar-refractivity contribution in [1.82, 2.24) is 30.1 Å². The Hall–Kier alpha value is -3.36. The van der Waals surface area contributed by atoms with Crippen molar-refractivity contribution < 1.29 is 4.74 Å². The number of H-pyrrole nitrogens is 1. The highest BCUT2D eigenvalue weighted by Crippen LogP contribution is 2.17. The van der Waals surface area contributed by atoms with Gasteiger partial charge in [0.25, 0.3) is 5.56 Å². The summed E-state index contributed by atoms with van der Waals surface area (Å²) >= 11 is 0. The molecule has 8 nitrogen and oxygen atoms in total. The van der Waals surface area contributed by atoms with Crippen LogP contribution in [0.5, 0.6) is 0 Å². The van der Waals surface area contributed by atoms with Crippen molar-refractivity contribution >= 4 is 10.9 Å². The van der Waals surface area contributed by atoms with E-state index in [4.69, 9.17) is 4.74 Å². The van der Waals surface area contributed by atoms with Crippen molar-refractivity contribution in [3.8, 4) is 0 Å². The fourth-order valence-corrected chi connectivity index (χ4v) is 4.68. The minimum atomic E-state index is -0.0505. The van der Waals surface area contributed by atoms with Crippen molar-refractivity contribution in [1.29, 1.82) is 0 Å². The van der Waals surface area contributed by atoms with Crippen LogP contribution in [0.3, 0.4) is 0 Å². The van der Waals surface area contributed by atoms with Gasteiger partial charge in [-0.3, -0.25) is 9.69 Å². The lowest BCUT2D eigenvalue weighted by Crippen LogP contribution is -2.30. The van der Waals surface area contributed by atoms with Gasteiger partial charge in [-0.2, -0.15) is 0 Å². The number of tetrazole rings is 1. The van der Waals surface area contributed by atoms with Crippen molar-refractivity contribution in [3.63, 3.8) is 0 Å². The summed E-state index contributed by atoms with van der Waals surface area (Å²) in [6, 6.07) is 18.7. The molecule has 0 amide bonds. The molecule has 0 radical (unpaired) electrons. The van der Waals surface area contributed by atoms with Crippen LogP contribution in [-0.2, 0) is 37.2 Å². The SMILES string of the molecule is CCc1ccc2[nH]c(=O)c(CN(CCc3ccccc3)Cc3nnnn3C[C@H]3CCCO3)cc2c1. The van der Waals surface area contributed by atoms with E-state index in [2.05, 4.69) is 68.7 Å². The number of rotatable bonds is 10. The Bertz CT molecular complexity index is 1310. The maximum atomic E-state index is 13.0. The second kappa shape index (κ2) is 10.9. The van der Waals surface area contributed by atoms with Gasteiger partial charge >= 0.3 is 0 Å². The number of nitrogens with one attached hydrogen (secondary N) is 1. The molecule has 8 heteroatoms. The van der Waals surface area contributed by atoms with Gasteiger partial charge in [0.15, 0.2) is 5.82 Å². The molecule has 0 bridgehead atoms. The molecular formula is C27H32N6O2. The Labute approximate surface area is 204 Å². The largest absolute Gasteiger partial charge is 0.376 e. The quantitative estimate of drug-likeness (QED) is 0.380. The molecule has 3 heterocycles. The van der Waals surface area contributed by atoms with Crippen LogP contribution < -0.4 is 5.56 Å². The van der Waals surface area contributed by atoms with E-state index in [1.165, 1.54) is 11.1 Å². The maximum Gasteiger partial charge on any atom is 0.252 e. The number of aryl methyl sites for hydroxylation is 1. The predicted molar refractivity (Wildman–Crippen MR) is 135 cm³/mol. The molecular weight excluding hydrogens is 440 g/mol. The number of fused-ring (bicyclic) bond motifs is 1. The molecule has 35 heavy (non-hydrogen) atoms. The molecule has 2 aromatic carbocycles. The molecule has 0 saturated carbocycles. The molecule has 0 spiro atoms. The first-order chi connectivity index (χ1) is 17.2. The number of aromatic nitrogens is 5. The number of ether oxygens (including phenoxy) is 1. The molecule has 2 aromatic heterocycles. The van der Waals surface area contributed by atoms with Gasteiger partial charge < -0.3 is 9.72 Å². The molecule has 5 rings (SSSR count). The summed E-state index contributed by atoms with van der Waals surface area (Å²) in [5, 5.41) is 13.5. The van der Waals surface area contributed by atoms with Crippen molar-refractivity contribution in [2.45, 2.75) is 58.3 Å². The third kappa shape index (κ3) is 5.83. The average molecular weight is 473 g/mol. The zero-order valence-corrected chi connectivity index (χ0v) is 20.2. The zero-order valence-electron chi connectivity index (χ0n) is 20.2. The number of aromatic amines is 1. The molecule has 182 valence electrons. The molecule has 1 saturated heterocycles. The Balaban J connectivity index is 1.39. The van der Waals surface area contributed by atoms with Crippen LogP contribution in [0.15, 0.2) is 59.4 Å². The van der Waals surface area contributed by atoms with Gasteiger partial charge in [0.05, 0.1) is 19.2 Å². The minimum absolute atomic E-state index is 0.0505. The molecule has 1 N–H and O–H groups in total. The number of pyridine rings is 1. The van der Waals surface area contributed by atoms with Crippen molar-refractivity contribution in [3.05, 3.63) is 87.5 Å². The third-order valence-electron chi connectivity index (χ3n) is 6.72. The van der Waals surface area contributed by atoms with Crippen LogP contribution in [0, 0.1) is 0 Å². The van der Waals surface area contributed by atoms with Crippen LogP contribution in [-0.4, -0.2) is 49.3 Å². The number of hydrogen-bond donors (Lipinski definition) is 1. The minimum Gasteiger partial charge on any atom is -0.376 e. The van der Waals surface area contributed by atoms with Gasteiger partial charge in [0.1, 0.15) is 0 Å². The van der Waals surface area contributed by atoms with E-state index >= 15 is 0 Å². The van der Waals surface area contributed by atoms with Crippen molar-refractivity contribution in [2.24, 2.45) is 0 Å². The average Bonchev–Trinajstić information content (AvgIpc) is 3.56. The zero-order chi connectivity index (χ0) is 24.0. The van der Waals surface area contributed by atoms with Crippen LogP contribution in [0.25, 0.3) is 10.9 Å². The van der Waals surface area contributed by atoms with E-state index in [0.29, 0.717) is 19.6 Å². The number of nitrogens with zero attached hydrogens (tertiary/aromatic N) is 5. The van der Waals surface area contributed by atoms with Crippen LogP contribution >= 0.6 is 0 Å².